The minimum Gasteiger partial charge on any atom is -0.309 e. The average molecular weight is 332 g/mol. The van der Waals surface area contributed by atoms with Crippen molar-refractivity contribution in [3.63, 3.8) is 0 Å². The third-order valence-corrected chi connectivity index (χ3v) is 5.23. The minimum atomic E-state index is -0.123. The summed E-state index contributed by atoms with van der Waals surface area (Å²) in [5.41, 5.74) is 0.745. The minimum absolute atomic E-state index is 0.123. The van der Waals surface area contributed by atoms with Crippen LogP contribution in [0.25, 0.3) is 0 Å². The first-order valence-corrected chi connectivity index (χ1v) is 8.49. The smallest absolute Gasteiger partial charge is 0.127 e. The van der Waals surface area contributed by atoms with E-state index in [0.29, 0.717) is 17.8 Å². The van der Waals surface area contributed by atoms with E-state index >= 15 is 0 Å². The van der Waals surface area contributed by atoms with Gasteiger partial charge in [-0.25, -0.2) is 4.39 Å². The Bertz CT molecular complexity index is 399. The van der Waals surface area contributed by atoms with Crippen molar-refractivity contribution in [1.82, 2.24) is 5.32 Å². The molecule has 4 heteroatoms. The van der Waals surface area contributed by atoms with Gasteiger partial charge in [-0.1, -0.05) is 28.8 Å². The van der Waals surface area contributed by atoms with Crippen LogP contribution in [0.5, 0.6) is 0 Å². The van der Waals surface area contributed by atoms with Crippen LogP contribution >= 0.6 is 27.7 Å². The number of benzene rings is 1. The standard InChI is InChI=1S/C14H19BrFNS/c1-18-14-5-3-2-4-13(14)17-9-10-8-11(15)6-7-12(10)16/h6-8,13-14,17H,2-5,9H2,1H3. The molecule has 2 atom stereocenters. The molecule has 100 valence electrons. The largest absolute Gasteiger partial charge is 0.309 e. The molecule has 1 saturated carbocycles. The predicted molar refractivity (Wildman–Crippen MR) is 80.5 cm³/mol. The van der Waals surface area contributed by atoms with Gasteiger partial charge in [0.25, 0.3) is 0 Å². The maximum Gasteiger partial charge on any atom is 0.127 e. The SMILES string of the molecule is CSC1CCCCC1NCc1cc(Br)ccc1F. The van der Waals surface area contributed by atoms with E-state index in [4.69, 9.17) is 0 Å². The Kier molecular flexibility index (Phi) is 5.52. The van der Waals surface area contributed by atoms with E-state index in [-0.39, 0.29) is 5.82 Å². The van der Waals surface area contributed by atoms with Crippen LogP contribution in [-0.4, -0.2) is 17.5 Å². The molecule has 0 amide bonds. The van der Waals surface area contributed by atoms with Crippen LogP contribution in [0.1, 0.15) is 31.2 Å². The van der Waals surface area contributed by atoms with Gasteiger partial charge in [0.1, 0.15) is 5.82 Å². The lowest BCUT2D eigenvalue weighted by molar-refractivity contribution is 0.380. The van der Waals surface area contributed by atoms with Gasteiger partial charge in [0.15, 0.2) is 0 Å². The summed E-state index contributed by atoms with van der Waals surface area (Å²) in [6.07, 6.45) is 7.27. The molecule has 1 nitrogen and oxygen atoms in total. The van der Waals surface area contributed by atoms with Gasteiger partial charge in [-0.2, -0.15) is 11.8 Å². The molecule has 2 unspecified atom stereocenters. The van der Waals surface area contributed by atoms with E-state index in [1.54, 1.807) is 6.07 Å². The maximum atomic E-state index is 13.6. The highest BCUT2D eigenvalue weighted by Crippen LogP contribution is 2.27. The molecule has 1 aromatic rings. The van der Waals surface area contributed by atoms with Crippen LogP contribution in [0.3, 0.4) is 0 Å². The normalized spacial score (nSPS) is 24.2. The molecule has 0 radical (unpaired) electrons. The summed E-state index contributed by atoms with van der Waals surface area (Å²) in [5, 5.41) is 4.20. The zero-order chi connectivity index (χ0) is 13.0. The van der Waals surface area contributed by atoms with E-state index < -0.39 is 0 Å². The molecular formula is C14H19BrFNS. The third kappa shape index (κ3) is 3.72. The van der Waals surface area contributed by atoms with Crippen LogP contribution in [0.4, 0.5) is 4.39 Å². The number of hydrogen-bond acceptors (Lipinski definition) is 2. The molecule has 0 bridgehead atoms. The quantitative estimate of drug-likeness (QED) is 0.880. The third-order valence-electron chi connectivity index (χ3n) is 3.57. The first-order valence-electron chi connectivity index (χ1n) is 6.41. The summed E-state index contributed by atoms with van der Waals surface area (Å²) >= 11 is 5.32. The van der Waals surface area contributed by atoms with Crippen molar-refractivity contribution in [2.24, 2.45) is 0 Å². The molecule has 2 rings (SSSR count). The number of nitrogens with one attached hydrogen (secondary N) is 1. The first-order chi connectivity index (χ1) is 8.70. The van der Waals surface area contributed by atoms with Gasteiger partial charge in [-0.15, -0.1) is 0 Å². The summed E-state index contributed by atoms with van der Waals surface area (Å²) in [6, 6.07) is 5.64. The van der Waals surface area contributed by atoms with Gasteiger partial charge >= 0.3 is 0 Å². The molecule has 0 saturated heterocycles. The van der Waals surface area contributed by atoms with Gasteiger partial charge in [0.05, 0.1) is 0 Å². The fourth-order valence-corrected chi connectivity index (χ4v) is 3.90. The van der Waals surface area contributed by atoms with E-state index in [9.17, 15) is 4.39 Å². The number of thioether (sulfide) groups is 1. The number of hydrogen-bond donors (Lipinski definition) is 1. The first kappa shape index (κ1) is 14.4. The Morgan fingerprint density at radius 2 is 2.17 bits per heavy atom. The Morgan fingerprint density at radius 3 is 2.94 bits per heavy atom. The number of rotatable bonds is 4. The van der Waals surface area contributed by atoms with Gasteiger partial charge in [0, 0.05) is 27.9 Å². The maximum absolute atomic E-state index is 13.6. The fourth-order valence-electron chi connectivity index (χ4n) is 2.53. The van der Waals surface area contributed by atoms with Crippen molar-refractivity contribution < 1.29 is 4.39 Å². The molecule has 1 aromatic carbocycles. The van der Waals surface area contributed by atoms with Crippen LogP contribution in [-0.2, 0) is 6.54 Å². The molecule has 18 heavy (non-hydrogen) atoms. The Morgan fingerprint density at radius 1 is 1.39 bits per heavy atom. The second kappa shape index (κ2) is 6.92. The monoisotopic (exact) mass is 331 g/mol. The molecule has 0 aromatic heterocycles. The molecule has 0 heterocycles. The molecule has 1 aliphatic rings. The molecule has 0 spiro atoms. The lowest BCUT2D eigenvalue weighted by Crippen LogP contribution is -2.40. The Balaban J connectivity index is 1.95. The van der Waals surface area contributed by atoms with Gasteiger partial charge < -0.3 is 5.32 Å². The zero-order valence-electron chi connectivity index (χ0n) is 10.6. The highest BCUT2D eigenvalue weighted by atomic mass is 79.9. The Labute approximate surface area is 121 Å². The van der Waals surface area contributed by atoms with E-state index in [2.05, 4.69) is 27.5 Å². The van der Waals surface area contributed by atoms with E-state index in [0.717, 1.165) is 10.0 Å². The molecule has 1 fully saturated rings. The van der Waals surface area contributed by atoms with Crippen molar-refractivity contribution in [3.05, 3.63) is 34.1 Å². The van der Waals surface area contributed by atoms with Crippen molar-refractivity contribution in [1.29, 1.82) is 0 Å². The van der Waals surface area contributed by atoms with E-state index in [1.807, 2.05) is 17.8 Å². The lowest BCUT2D eigenvalue weighted by atomic mass is 9.94. The topological polar surface area (TPSA) is 12.0 Å². The van der Waals surface area contributed by atoms with Crippen LogP contribution < -0.4 is 5.32 Å². The molecule has 1 N–H and O–H groups in total. The van der Waals surface area contributed by atoms with Gasteiger partial charge in [0.2, 0.25) is 0 Å². The number of halogens is 2. The average Bonchev–Trinajstić information content (AvgIpc) is 2.40. The van der Waals surface area contributed by atoms with E-state index in [1.165, 1.54) is 31.7 Å². The highest BCUT2D eigenvalue weighted by Gasteiger charge is 2.23. The van der Waals surface area contributed by atoms with Crippen molar-refractivity contribution in [2.45, 2.75) is 43.5 Å². The van der Waals surface area contributed by atoms with Crippen LogP contribution in [0.2, 0.25) is 0 Å². The predicted octanol–water partition coefficient (Wildman–Crippen LogP) is 4.35. The highest BCUT2D eigenvalue weighted by molar-refractivity contribution is 9.10. The van der Waals surface area contributed by atoms with Crippen molar-refractivity contribution in [2.75, 3.05) is 6.26 Å². The summed E-state index contributed by atoms with van der Waals surface area (Å²) < 4.78 is 14.6. The Hall–Kier alpha value is -0.0600. The second-order valence-electron chi connectivity index (χ2n) is 4.78. The van der Waals surface area contributed by atoms with Crippen molar-refractivity contribution in [3.8, 4) is 0 Å². The summed E-state index contributed by atoms with van der Waals surface area (Å²) in [4.78, 5) is 0. The molecule has 1 aliphatic carbocycles. The fraction of sp³-hybridized carbons (Fsp3) is 0.571. The second-order valence-corrected chi connectivity index (χ2v) is 6.77. The zero-order valence-corrected chi connectivity index (χ0v) is 13.0. The van der Waals surface area contributed by atoms with Crippen LogP contribution in [0.15, 0.2) is 22.7 Å². The molecular weight excluding hydrogens is 313 g/mol. The summed E-state index contributed by atoms with van der Waals surface area (Å²) in [6.45, 7) is 0.618. The summed E-state index contributed by atoms with van der Waals surface area (Å²) in [5.74, 6) is -0.123. The van der Waals surface area contributed by atoms with Crippen molar-refractivity contribution >= 4 is 27.7 Å². The summed E-state index contributed by atoms with van der Waals surface area (Å²) in [7, 11) is 0. The van der Waals surface area contributed by atoms with Crippen LogP contribution in [0, 0.1) is 5.82 Å². The van der Waals surface area contributed by atoms with Gasteiger partial charge in [-0.05, 0) is 37.3 Å². The van der Waals surface area contributed by atoms with Gasteiger partial charge in [-0.3, -0.25) is 0 Å². The lowest BCUT2D eigenvalue weighted by Gasteiger charge is -2.31. The molecule has 0 aliphatic heterocycles.